The molecule has 10 heteroatoms. The number of carbonyl (C=O) groups is 1. The molecule has 1 aliphatic carbocycles. The van der Waals surface area contributed by atoms with Crippen molar-refractivity contribution in [2.24, 2.45) is 11.3 Å². The highest BCUT2D eigenvalue weighted by molar-refractivity contribution is 5.78. The fraction of sp³-hybridized carbons (Fsp3) is 0.444. The standard InChI is InChI=1S/C27H33N7O3/c1-28-26(35)18-6-4-8-27(14-18)9-11-34(17-27)24-13-23(32-25(33-24)19-7-5-10-29-15-19)31-22-12-20(36-2)21(37-3)16-30-22/h5,7,10,12-13,15-16,18H,4,6,8-9,11,14,17H2,1-3H3,(H,28,35)(H,30,31,32,33). The third-order valence-electron chi connectivity index (χ3n) is 7.48. The van der Waals surface area contributed by atoms with Crippen molar-refractivity contribution in [2.75, 3.05) is 44.6 Å². The average molecular weight is 504 g/mol. The molecule has 1 spiro atoms. The molecule has 0 bridgehead atoms. The summed E-state index contributed by atoms with van der Waals surface area (Å²) in [6, 6.07) is 7.55. The Bertz CT molecular complexity index is 1260. The molecule has 0 radical (unpaired) electrons. The van der Waals surface area contributed by atoms with E-state index in [0.29, 0.717) is 29.0 Å². The number of nitrogens with one attached hydrogen (secondary N) is 2. The number of rotatable bonds is 7. The maximum Gasteiger partial charge on any atom is 0.222 e. The van der Waals surface area contributed by atoms with Gasteiger partial charge in [-0.05, 0) is 43.2 Å². The van der Waals surface area contributed by atoms with E-state index in [4.69, 9.17) is 19.4 Å². The highest BCUT2D eigenvalue weighted by atomic mass is 16.5. The van der Waals surface area contributed by atoms with Crippen molar-refractivity contribution in [3.8, 4) is 22.9 Å². The third-order valence-corrected chi connectivity index (χ3v) is 7.48. The fourth-order valence-corrected chi connectivity index (χ4v) is 5.60. The number of ether oxygens (including phenoxy) is 2. The molecule has 3 aromatic rings. The molecule has 37 heavy (non-hydrogen) atoms. The molecule has 3 aromatic heterocycles. The van der Waals surface area contributed by atoms with Crippen LogP contribution in [0, 0.1) is 11.3 Å². The lowest BCUT2D eigenvalue weighted by Gasteiger charge is -2.37. The molecule has 2 atom stereocenters. The van der Waals surface area contributed by atoms with Crippen LogP contribution in [0.5, 0.6) is 11.5 Å². The van der Waals surface area contributed by atoms with Gasteiger partial charge in [0, 0.05) is 56.1 Å². The Hall–Kier alpha value is -3.95. The van der Waals surface area contributed by atoms with E-state index in [1.54, 1.807) is 45.9 Å². The van der Waals surface area contributed by atoms with Gasteiger partial charge in [-0.2, -0.15) is 0 Å². The number of anilines is 3. The molecule has 2 N–H and O–H groups in total. The first-order chi connectivity index (χ1) is 18.0. The topological polar surface area (TPSA) is 114 Å². The van der Waals surface area contributed by atoms with Crippen molar-refractivity contribution in [1.29, 1.82) is 0 Å². The van der Waals surface area contributed by atoms with Crippen molar-refractivity contribution in [3.63, 3.8) is 0 Å². The van der Waals surface area contributed by atoms with E-state index in [1.807, 2.05) is 18.2 Å². The van der Waals surface area contributed by atoms with Gasteiger partial charge < -0.3 is 25.0 Å². The van der Waals surface area contributed by atoms with Gasteiger partial charge in [-0.3, -0.25) is 9.78 Å². The maximum atomic E-state index is 12.4. The first kappa shape index (κ1) is 24.7. The van der Waals surface area contributed by atoms with Gasteiger partial charge in [0.05, 0.1) is 20.4 Å². The van der Waals surface area contributed by atoms with Gasteiger partial charge in [0.2, 0.25) is 5.91 Å². The predicted molar refractivity (Wildman–Crippen MR) is 141 cm³/mol. The summed E-state index contributed by atoms with van der Waals surface area (Å²) in [6.45, 7) is 1.76. The van der Waals surface area contributed by atoms with Gasteiger partial charge in [0.15, 0.2) is 17.3 Å². The van der Waals surface area contributed by atoms with Crippen molar-refractivity contribution < 1.29 is 14.3 Å². The van der Waals surface area contributed by atoms with Crippen LogP contribution < -0.4 is 25.0 Å². The zero-order chi connectivity index (χ0) is 25.8. The minimum Gasteiger partial charge on any atom is -0.493 e. The zero-order valence-electron chi connectivity index (χ0n) is 21.5. The van der Waals surface area contributed by atoms with Gasteiger partial charge >= 0.3 is 0 Å². The molecule has 1 aliphatic heterocycles. The Labute approximate surface area is 216 Å². The van der Waals surface area contributed by atoms with Gasteiger partial charge in [0.1, 0.15) is 17.5 Å². The molecule has 2 fully saturated rings. The Morgan fingerprint density at radius 1 is 1.11 bits per heavy atom. The smallest absolute Gasteiger partial charge is 0.222 e. The summed E-state index contributed by atoms with van der Waals surface area (Å²) < 4.78 is 10.7. The molecule has 4 heterocycles. The first-order valence-electron chi connectivity index (χ1n) is 12.6. The Balaban J connectivity index is 1.44. The van der Waals surface area contributed by atoms with E-state index < -0.39 is 0 Å². The van der Waals surface area contributed by atoms with Crippen molar-refractivity contribution in [2.45, 2.75) is 32.1 Å². The van der Waals surface area contributed by atoms with Gasteiger partial charge in [-0.25, -0.2) is 15.0 Å². The number of aromatic nitrogens is 4. The van der Waals surface area contributed by atoms with Crippen molar-refractivity contribution in [1.82, 2.24) is 25.3 Å². The summed E-state index contributed by atoms with van der Waals surface area (Å²) in [6.07, 6.45) is 10.3. The van der Waals surface area contributed by atoms with Crippen LogP contribution in [0.15, 0.2) is 42.9 Å². The number of hydrogen-bond acceptors (Lipinski definition) is 9. The van der Waals surface area contributed by atoms with E-state index in [2.05, 4.69) is 25.5 Å². The molecule has 194 valence electrons. The summed E-state index contributed by atoms with van der Waals surface area (Å²) in [7, 11) is 4.90. The normalized spacial score (nSPS) is 21.1. The molecular formula is C27H33N7O3. The monoisotopic (exact) mass is 503 g/mol. The summed E-state index contributed by atoms with van der Waals surface area (Å²) in [5.41, 5.74) is 0.965. The summed E-state index contributed by atoms with van der Waals surface area (Å²) in [5.74, 6) is 4.01. The quantitative estimate of drug-likeness (QED) is 0.496. The van der Waals surface area contributed by atoms with Crippen LogP contribution in [0.3, 0.4) is 0 Å². The molecule has 5 rings (SSSR count). The van der Waals surface area contributed by atoms with Gasteiger partial charge in [0.25, 0.3) is 0 Å². The molecule has 2 aliphatic rings. The summed E-state index contributed by atoms with van der Waals surface area (Å²) >= 11 is 0. The van der Waals surface area contributed by atoms with Crippen LogP contribution in [0.2, 0.25) is 0 Å². The Morgan fingerprint density at radius 3 is 2.73 bits per heavy atom. The van der Waals surface area contributed by atoms with E-state index >= 15 is 0 Å². The fourth-order valence-electron chi connectivity index (χ4n) is 5.60. The maximum absolute atomic E-state index is 12.4. The lowest BCUT2D eigenvalue weighted by molar-refractivity contribution is -0.126. The molecule has 1 amide bonds. The average Bonchev–Trinajstić information content (AvgIpc) is 3.35. The second-order valence-corrected chi connectivity index (χ2v) is 9.81. The van der Waals surface area contributed by atoms with Crippen molar-refractivity contribution >= 4 is 23.4 Å². The second kappa shape index (κ2) is 10.6. The van der Waals surface area contributed by atoms with Gasteiger partial charge in [-0.1, -0.05) is 6.42 Å². The predicted octanol–water partition coefficient (Wildman–Crippen LogP) is 3.83. The summed E-state index contributed by atoms with van der Waals surface area (Å²) in [5, 5.41) is 6.15. The molecular weight excluding hydrogens is 470 g/mol. The van der Waals surface area contributed by atoms with Crippen LogP contribution >= 0.6 is 0 Å². The zero-order valence-corrected chi connectivity index (χ0v) is 21.5. The van der Waals surface area contributed by atoms with Crippen molar-refractivity contribution in [3.05, 3.63) is 42.9 Å². The number of carbonyl (C=O) groups excluding carboxylic acids is 1. The Kier molecular flexibility index (Phi) is 7.07. The van der Waals surface area contributed by atoms with E-state index in [1.165, 1.54) is 0 Å². The number of pyridine rings is 2. The number of methoxy groups -OCH3 is 2. The summed E-state index contributed by atoms with van der Waals surface area (Å²) in [4.78, 5) is 33.1. The van der Waals surface area contributed by atoms with E-state index in [-0.39, 0.29) is 17.2 Å². The van der Waals surface area contributed by atoms with Crippen LogP contribution in [-0.4, -0.2) is 60.2 Å². The molecule has 10 nitrogen and oxygen atoms in total. The number of hydrogen-bond donors (Lipinski definition) is 2. The number of nitrogens with zero attached hydrogens (tertiary/aromatic N) is 5. The lowest BCUT2D eigenvalue weighted by Crippen LogP contribution is -2.38. The van der Waals surface area contributed by atoms with Crippen LogP contribution in [0.4, 0.5) is 17.5 Å². The third kappa shape index (κ3) is 5.28. The van der Waals surface area contributed by atoms with E-state index in [0.717, 1.165) is 56.6 Å². The number of amides is 1. The molecule has 1 saturated heterocycles. The Morgan fingerprint density at radius 2 is 1.97 bits per heavy atom. The highest BCUT2D eigenvalue weighted by Crippen LogP contribution is 2.47. The lowest BCUT2D eigenvalue weighted by atomic mass is 9.69. The first-order valence-corrected chi connectivity index (χ1v) is 12.6. The minimum atomic E-state index is 0.0865. The minimum absolute atomic E-state index is 0.0865. The van der Waals surface area contributed by atoms with Crippen LogP contribution in [0.25, 0.3) is 11.4 Å². The van der Waals surface area contributed by atoms with Crippen LogP contribution in [0.1, 0.15) is 32.1 Å². The SMILES string of the molecule is CNC(=O)C1CCCC2(CCN(c3cc(Nc4cc(OC)c(OC)cn4)nc(-c4cccnc4)n3)C2)C1. The molecule has 0 aromatic carbocycles. The highest BCUT2D eigenvalue weighted by Gasteiger charge is 2.43. The van der Waals surface area contributed by atoms with E-state index in [9.17, 15) is 4.79 Å². The molecule has 1 saturated carbocycles. The largest absolute Gasteiger partial charge is 0.493 e. The molecule has 2 unspecified atom stereocenters. The second-order valence-electron chi connectivity index (χ2n) is 9.81. The van der Waals surface area contributed by atoms with Gasteiger partial charge in [-0.15, -0.1) is 0 Å². The van der Waals surface area contributed by atoms with Crippen LogP contribution in [-0.2, 0) is 4.79 Å².